The third kappa shape index (κ3) is 3.19. The third-order valence-corrected chi connectivity index (χ3v) is 5.61. The molecule has 0 saturated carbocycles. The number of hydrogen-bond acceptors (Lipinski definition) is 7. The van der Waals surface area contributed by atoms with Gasteiger partial charge in [0, 0.05) is 0 Å². The number of fused-ring (bicyclic) bond motifs is 1. The highest BCUT2D eigenvalue weighted by molar-refractivity contribution is 8.03. The summed E-state index contributed by atoms with van der Waals surface area (Å²) in [5, 5.41) is 11.5. The van der Waals surface area contributed by atoms with E-state index in [0.717, 1.165) is 12.0 Å². The van der Waals surface area contributed by atoms with Gasteiger partial charge in [0.05, 0.1) is 7.11 Å². The van der Waals surface area contributed by atoms with E-state index in [2.05, 4.69) is 10.1 Å². The number of nitrogens with zero attached hydrogens (tertiary/aromatic N) is 1. The Morgan fingerprint density at radius 3 is 2.57 bits per heavy atom. The van der Waals surface area contributed by atoms with Crippen LogP contribution in [0.4, 0.5) is 0 Å². The van der Waals surface area contributed by atoms with Gasteiger partial charge in [0.2, 0.25) is 0 Å². The number of nitrogens with one attached hydrogen (secondary N) is 1. The number of allylic oxidation sites excluding steroid dienone is 1. The van der Waals surface area contributed by atoms with Crippen molar-refractivity contribution in [1.82, 2.24) is 10.2 Å². The SMILES string of the molecule is COC(=O)[C@@]1(C(=O)O)C=C(C)S[C@@H]2[C@H](NC(=O)COc3ccccc3)C(=O)N21. The average Bonchev–Trinajstić information content (AvgIpc) is 2.69. The Bertz CT molecular complexity index is 857. The number of ether oxygens (including phenoxy) is 2. The number of esters is 1. The molecule has 0 bridgehead atoms. The van der Waals surface area contributed by atoms with Crippen LogP contribution >= 0.6 is 11.8 Å². The van der Waals surface area contributed by atoms with Gasteiger partial charge in [-0.3, -0.25) is 14.5 Å². The van der Waals surface area contributed by atoms with E-state index in [9.17, 15) is 24.3 Å². The number of hydrogen-bond donors (Lipinski definition) is 2. The van der Waals surface area contributed by atoms with Crippen molar-refractivity contribution in [1.29, 1.82) is 0 Å². The maximum absolute atomic E-state index is 12.6. The predicted octanol–water partition coefficient (Wildman–Crippen LogP) is 0.365. The molecule has 2 heterocycles. The summed E-state index contributed by atoms with van der Waals surface area (Å²) in [5.41, 5.74) is -2.24. The second kappa shape index (κ2) is 7.55. The van der Waals surface area contributed by atoms with Crippen LogP contribution in [-0.2, 0) is 23.9 Å². The molecular weight excluding hydrogens is 388 g/mol. The lowest BCUT2D eigenvalue weighted by Gasteiger charge is -2.54. The van der Waals surface area contributed by atoms with Gasteiger partial charge in [0.15, 0.2) is 6.61 Å². The van der Waals surface area contributed by atoms with Crippen LogP contribution in [0.15, 0.2) is 41.3 Å². The number of thioether (sulfide) groups is 1. The molecule has 0 aromatic heterocycles. The molecule has 1 saturated heterocycles. The van der Waals surface area contributed by atoms with E-state index in [1.807, 2.05) is 0 Å². The lowest BCUT2D eigenvalue weighted by Crippen LogP contribution is -2.79. The molecule has 3 atom stereocenters. The Balaban J connectivity index is 1.73. The van der Waals surface area contributed by atoms with Crippen molar-refractivity contribution in [3.05, 3.63) is 41.3 Å². The molecule has 9 nitrogen and oxygen atoms in total. The number of carbonyl (C=O) groups is 4. The van der Waals surface area contributed by atoms with Crippen molar-refractivity contribution < 1.29 is 33.8 Å². The van der Waals surface area contributed by atoms with Crippen molar-refractivity contribution in [2.45, 2.75) is 23.9 Å². The molecular formula is C18H18N2O7S. The fourth-order valence-electron chi connectivity index (χ4n) is 3.13. The third-order valence-electron chi connectivity index (χ3n) is 4.39. The molecule has 28 heavy (non-hydrogen) atoms. The van der Waals surface area contributed by atoms with Crippen molar-refractivity contribution >= 4 is 35.5 Å². The van der Waals surface area contributed by atoms with Crippen molar-refractivity contribution in [3.8, 4) is 5.75 Å². The minimum Gasteiger partial charge on any atom is -0.484 e. The van der Waals surface area contributed by atoms with E-state index < -0.39 is 40.7 Å². The first-order valence-electron chi connectivity index (χ1n) is 8.29. The van der Waals surface area contributed by atoms with Crippen molar-refractivity contribution in [2.75, 3.05) is 13.7 Å². The van der Waals surface area contributed by atoms with E-state index in [0.29, 0.717) is 10.7 Å². The van der Waals surface area contributed by atoms with Gasteiger partial charge in [-0.25, -0.2) is 9.59 Å². The zero-order valence-corrected chi connectivity index (χ0v) is 15.9. The van der Waals surface area contributed by atoms with Crippen LogP contribution in [0.3, 0.4) is 0 Å². The molecule has 1 aromatic carbocycles. The van der Waals surface area contributed by atoms with Gasteiger partial charge in [0.1, 0.15) is 17.2 Å². The number of methoxy groups -OCH3 is 1. The molecule has 148 valence electrons. The number of β-lactam (4-membered cyclic amide) rings is 1. The van der Waals surface area contributed by atoms with E-state index in [4.69, 9.17) is 4.74 Å². The molecule has 1 fully saturated rings. The van der Waals surface area contributed by atoms with Crippen LogP contribution < -0.4 is 10.1 Å². The van der Waals surface area contributed by atoms with Gasteiger partial charge in [-0.15, -0.1) is 11.8 Å². The van der Waals surface area contributed by atoms with Crippen LogP contribution in [0, 0.1) is 0 Å². The number of carboxylic acid groups (broad SMARTS) is 1. The predicted molar refractivity (Wildman–Crippen MR) is 98.2 cm³/mol. The fraction of sp³-hybridized carbons (Fsp3) is 0.333. The lowest BCUT2D eigenvalue weighted by atomic mass is 9.89. The largest absolute Gasteiger partial charge is 0.484 e. The summed E-state index contributed by atoms with van der Waals surface area (Å²) < 4.78 is 9.97. The molecule has 2 N–H and O–H groups in total. The normalized spacial score (nSPS) is 25.7. The Morgan fingerprint density at radius 1 is 1.29 bits per heavy atom. The second-order valence-corrected chi connectivity index (χ2v) is 7.54. The first kappa shape index (κ1) is 19.7. The number of amides is 2. The molecule has 0 unspecified atom stereocenters. The Morgan fingerprint density at radius 2 is 1.96 bits per heavy atom. The first-order chi connectivity index (χ1) is 13.3. The van der Waals surface area contributed by atoms with E-state index in [-0.39, 0.29) is 6.61 Å². The highest BCUT2D eigenvalue weighted by Gasteiger charge is 2.66. The molecule has 1 aromatic rings. The fourth-order valence-corrected chi connectivity index (χ4v) is 4.44. The zero-order valence-electron chi connectivity index (χ0n) is 15.1. The number of carbonyl (C=O) groups excluding carboxylic acids is 3. The van der Waals surface area contributed by atoms with Gasteiger partial charge >= 0.3 is 11.9 Å². The van der Waals surface area contributed by atoms with Crippen LogP contribution in [0.25, 0.3) is 0 Å². The maximum atomic E-state index is 12.6. The summed E-state index contributed by atoms with van der Waals surface area (Å²) in [6.07, 6.45) is 1.19. The van der Waals surface area contributed by atoms with E-state index in [1.165, 1.54) is 17.8 Å². The van der Waals surface area contributed by atoms with Crippen LogP contribution in [0.1, 0.15) is 6.92 Å². The first-order valence-corrected chi connectivity index (χ1v) is 9.17. The second-order valence-electron chi connectivity index (χ2n) is 6.18. The minimum atomic E-state index is -2.24. The molecule has 2 amide bonds. The summed E-state index contributed by atoms with van der Waals surface area (Å²) in [7, 11) is 1.05. The monoisotopic (exact) mass is 406 g/mol. The summed E-state index contributed by atoms with van der Waals surface area (Å²) >= 11 is 1.19. The van der Waals surface area contributed by atoms with Gasteiger partial charge in [-0.2, -0.15) is 0 Å². The molecule has 0 aliphatic carbocycles. The average molecular weight is 406 g/mol. The smallest absolute Gasteiger partial charge is 0.347 e. The number of aliphatic carboxylic acids is 1. The Kier molecular flexibility index (Phi) is 5.32. The standard InChI is InChI=1S/C18H18N2O7S/c1-10-8-18(16(23)24,17(25)26-2)20-14(22)13(15(20)28-10)19-12(21)9-27-11-6-4-3-5-7-11/h3-8,13,15H,9H2,1-2H3,(H,19,21)(H,23,24)/t13-,15-,18+/m1/s1. The van der Waals surface area contributed by atoms with Crippen LogP contribution in [0.5, 0.6) is 5.75 Å². The molecule has 2 aliphatic rings. The van der Waals surface area contributed by atoms with Gasteiger partial charge in [-0.1, -0.05) is 18.2 Å². The van der Waals surface area contributed by atoms with E-state index in [1.54, 1.807) is 37.3 Å². The lowest BCUT2D eigenvalue weighted by molar-refractivity contribution is -0.180. The summed E-state index contributed by atoms with van der Waals surface area (Å²) in [6, 6.07) is 7.72. The molecule has 3 rings (SSSR count). The van der Waals surface area contributed by atoms with Crippen LogP contribution in [0.2, 0.25) is 0 Å². The van der Waals surface area contributed by atoms with Gasteiger partial charge in [-0.05, 0) is 30.0 Å². The summed E-state index contributed by atoms with van der Waals surface area (Å²) in [6.45, 7) is 1.32. The molecule has 2 aliphatic heterocycles. The topological polar surface area (TPSA) is 122 Å². The molecule has 10 heteroatoms. The maximum Gasteiger partial charge on any atom is 0.347 e. The van der Waals surface area contributed by atoms with Gasteiger partial charge < -0.3 is 19.9 Å². The zero-order chi connectivity index (χ0) is 20.5. The number of para-hydroxylation sites is 1. The quantitative estimate of drug-likeness (QED) is 0.395. The highest BCUT2D eigenvalue weighted by Crippen LogP contribution is 2.46. The number of rotatable bonds is 6. The minimum absolute atomic E-state index is 0.304. The molecule has 0 spiro atoms. The molecule has 0 radical (unpaired) electrons. The Hall–Kier alpha value is -3.01. The Labute approximate surface area is 164 Å². The van der Waals surface area contributed by atoms with Gasteiger partial charge in [0.25, 0.3) is 17.4 Å². The summed E-state index contributed by atoms with van der Waals surface area (Å²) in [4.78, 5) is 50.4. The number of carboxylic acids is 1. The van der Waals surface area contributed by atoms with Crippen molar-refractivity contribution in [3.63, 3.8) is 0 Å². The summed E-state index contributed by atoms with van der Waals surface area (Å²) in [5.74, 6) is -3.30. The van der Waals surface area contributed by atoms with E-state index >= 15 is 0 Å². The highest BCUT2D eigenvalue weighted by atomic mass is 32.2. The van der Waals surface area contributed by atoms with Crippen molar-refractivity contribution in [2.24, 2.45) is 0 Å². The number of benzene rings is 1. The van der Waals surface area contributed by atoms with Crippen LogP contribution in [-0.4, -0.2) is 64.4 Å².